The van der Waals surface area contributed by atoms with Crippen LogP contribution in [-0.4, -0.2) is 15.7 Å². The number of aromatic nitrogens is 2. The van der Waals surface area contributed by atoms with Gasteiger partial charge < -0.3 is 5.32 Å². The average molecular weight is 377 g/mol. The second-order valence-corrected chi connectivity index (χ2v) is 7.81. The van der Waals surface area contributed by atoms with Crippen molar-refractivity contribution in [1.82, 2.24) is 15.1 Å². The summed E-state index contributed by atoms with van der Waals surface area (Å²) in [5, 5.41) is 8.55. The molecule has 0 aliphatic rings. The van der Waals surface area contributed by atoms with Crippen LogP contribution in [0.2, 0.25) is 0 Å². The normalized spacial score (nSPS) is 12.5. The van der Waals surface area contributed by atoms with Gasteiger partial charge in [0.05, 0.1) is 17.6 Å². The number of nitrogens with zero attached hydrogens (tertiary/aromatic N) is 2. The highest BCUT2D eigenvalue weighted by molar-refractivity contribution is 5.81. The molecule has 0 fully saturated rings. The molecule has 1 N–H and O–H groups in total. The Labute approximate surface area is 165 Å². The number of rotatable bonds is 6. The van der Waals surface area contributed by atoms with E-state index < -0.39 is 0 Å². The number of carbonyl (C=O) groups excluding carboxylic acids is 1. The summed E-state index contributed by atoms with van der Waals surface area (Å²) in [6.45, 7) is 8.36. The zero-order chi connectivity index (χ0) is 20.3. The van der Waals surface area contributed by atoms with Crippen LogP contribution in [0, 0.1) is 5.92 Å². The van der Waals surface area contributed by atoms with Gasteiger partial charge in [-0.25, -0.2) is 4.68 Å². The maximum absolute atomic E-state index is 12.7. The molecule has 0 radical (unpaired) electrons. The molecule has 0 saturated carbocycles. The van der Waals surface area contributed by atoms with E-state index in [1.807, 2.05) is 18.2 Å². The van der Waals surface area contributed by atoms with E-state index in [1.165, 1.54) is 10.2 Å². The second kappa shape index (κ2) is 8.38. The predicted octanol–water partition coefficient (Wildman–Crippen LogP) is 4.03. The molecule has 0 aliphatic heterocycles. The maximum Gasteiger partial charge on any atom is 0.275 e. The highest BCUT2D eigenvalue weighted by Gasteiger charge is 2.19. The number of nitrogens with one attached hydrogen (secondary N) is 1. The van der Waals surface area contributed by atoms with Crippen LogP contribution in [0.15, 0.2) is 59.5 Å². The zero-order valence-corrected chi connectivity index (χ0v) is 16.8. The maximum atomic E-state index is 12.7. The Morgan fingerprint density at radius 2 is 1.64 bits per heavy atom. The summed E-state index contributed by atoms with van der Waals surface area (Å²) in [6.07, 6.45) is 1.62. The molecule has 1 unspecified atom stereocenters. The number of amides is 1. The monoisotopic (exact) mass is 377 g/mol. The lowest BCUT2D eigenvalue weighted by molar-refractivity contribution is -0.123. The minimum Gasteiger partial charge on any atom is -0.347 e. The van der Waals surface area contributed by atoms with Crippen LogP contribution in [0.25, 0.3) is 10.8 Å². The molecule has 3 aromatic rings. The van der Waals surface area contributed by atoms with E-state index in [0.29, 0.717) is 11.3 Å². The third kappa shape index (κ3) is 4.30. The van der Waals surface area contributed by atoms with Crippen LogP contribution in [0.4, 0.5) is 0 Å². The van der Waals surface area contributed by atoms with Gasteiger partial charge in [0.25, 0.3) is 5.56 Å². The fraction of sp³-hybridized carbons (Fsp3) is 0.348. The summed E-state index contributed by atoms with van der Waals surface area (Å²) in [4.78, 5) is 25.2. The van der Waals surface area contributed by atoms with Crippen molar-refractivity contribution in [1.29, 1.82) is 0 Å². The van der Waals surface area contributed by atoms with Gasteiger partial charge in [-0.3, -0.25) is 9.59 Å². The number of carbonyl (C=O) groups is 1. The molecule has 1 heterocycles. The highest BCUT2D eigenvalue weighted by atomic mass is 16.2. The molecule has 0 bridgehead atoms. The lowest BCUT2D eigenvalue weighted by Gasteiger charge is -2.23. The van der Waals surface area contributed by atoms with Crippen molar-refractivity contribution in [3.63, 3.8) is 0 Å². The summed E-state index contributed by atoms with van der Waals surface area (Å²) in [5.74, 6) is 0.457. The zero-order valence-electron chi connectivity index (χ0n) is 16.8. The van der Waals surface area contributed by atoms with Crippen LogP contribution < -0.4 is 10.9 Å². The second-order valence-electron chi connectivity index (χ2n) is 7.81. The largest absolute Gasteiger partial charge is 0.347 e. The first-order valence-electron chi connectivity index (χ1n) is 9.71. The lowest BCUT2D eigenvalue weighted by atomic mass is 9.93. The van der Waals surface area contributed by atoms with Gasteiger partial charge >= 0.3 is 0 Å². The third-order valence-electron chi connectivity index (χ3n) is 5.00. The molecule has 2 aromatic carbocycles. The summed E-state index contributed by atoms with van der Waals surface area (Å²) in [5.41, 5.74) is 2.08. The van der Waals surface area contributed by atoms with E-state index in [0.717, 1.165) is 10.9 Å². The van der Waals surface area contributed by atoms with Gasteiger partial charge in [-0.1, -0.05) is 70.2 Å². The van der Waals surface area contributed by atoms with E-state index in [4.69, 9.17) is 0 Å². The third-order valence-corrected chi connectivity index (χ3v) is 5.00. The summed E-state index contributed by atoms with van der Waals surface area (Å²) in [6, 6.07) is 15.5. The van der Waals surface area contributed by atoms with Gasteiger partial charge in [0.15, 0.2) is 0 Å². The quantitative estimate of drug-likeness (QED) is 0.705. The van der Waals surface area contributed by atoms with Crippen molar-refractivity contribution >= 4 is 16.7 Å². The van der Waals surface area contributed by atoms with Gasteiger partial charge in [-0.05, 0) is 29.0 Å². The molecule has 1 amide bonds. The molecular weight excluding hydrogens is 350 g/mol. The van der Waals surface area contributed by atoms with Crippen LogP contribution >= 0.6 is 0 Å². The summed E-state index contributed by atoms with van der Waals surface area (Å²) < 4.78 is 1.22. The molecule has 0 spiro atoms. The first-order valence-corrected chi connectivity index (χ1v) is 9.71. The predicted molar refractivity (Wildman–Crippen MR) is 112 cm³/mol. The van der Waals surface area contributed by atoms with Gasteiger partial charge in [0.1, 0.15) is 6.54 Å². The molecule has 28 heavy (non-hydrogen) atoms. The fourth-order valence-corrected chi connectivity index (χ4v) is 3.32. The standard InChI is InChI=1S/C23H27N3O2/c1-15(2)17-9-11-18(12-10-17)22(16(3)4)25-21(27)14-26-23(28)20-8-6-5-7-19(20)13-24-26/h5-13,15-16,22H,14H2,1-4H3,(H,25,27). The molecule has 5 nitrogen and oxygen atoms in total. The molecule has 0 aliphatic carbocycles. The van der Waals surface area contributed by atoms with Crippen LogP contribution in [-0.2, 0) is 11.3 Å². The highest BCUT2D eigenvalue weighted by Crippen LogP contribution is 2.24. The molecule has 0 saturated heterocycles. The van der Waals surface area contributed by atoms with Crippen molar-refractivity contribution < 1.29 is 4.79 Å². The topological polar surface area (TPSA) is 64.0 Å². The molecule has 3 rings (SSSR count). The Morgan fingerprint density at radius 3 is 2.29 bits per heavy atom. The minimum absolute atomic E-state index is 0.100. The van der Waals surface area contributed by atoms with Crippen molar-refractivity contribution in [3.05, 3.63) is 76.2 Å². The molecule has 1 aromatic heterocycles. The van der Waals surface area contributed by atoms with E-state index in [9.17, 15) is 9.59 Å². The fourth-order valence-electron chi connectivity index (χ4n) is 3.32. The van der Waals surface area contributed by atoms with E-state index in [2.05, 4.69) is 62.4 Å². The van der Waals surface area contributed by atoms with E-state index in [-0.39, 0.29) is 30.0 Å². The summed E-state index contributed by atoms with van der Waals surface area (Å²) in [7, 11) is 0. The Balaban J connectivity index is 1.78. The van der Waals surface area contributed by atoms with Gasteiger partial charge in [0, 0.05) is 5.39 Å². The van der Waals surface area contributed by atoms with E-state index in [1.54, 1.807) is 12.3 Å². The first-order chi connectivity index (χ1) is 13.4. The van der Waals surface area contributed by atoms with E-state index >= 15 is 0 Å². The van der Waals surface area contributed by atoms with Crippen LogP contribution in [0.5, 0.6) is 0 Å². The van der Waals surface area contributed by atoms with Gasteiger partial charge in [-0.15, -0.1) is 0 Å². The summed E-state index contributed by atoms with van der Waals surface area (Å²) >= 11 is 0. The van der Waals surface area contributed by atoms with Crippen LogP contribution in [0.3, 0.4) is 0 Å². The lowest BCUT2D eigenvalue weighted by Crippen LogP contribution is -2.37. The number of hydrogen-bond acceptors (Lipinski definition) is 3. The smallest absolute Gasteiger partial charge is 0.275 e. The molecule has 5 heteroatoms. The Kier molecular flexibility index (Phi) is 5.93. The molecule has 146 valence electrons. The number of benzene rings is 2. The van der Waals surface area contributed by atoms with Crippen molar-refractivity contribution in [2.24, 2.45) is 5.92 Å². The van der Waals surface area contributed by atoms with Crippen molar-refractivity contribution in [3.8, 4) is 0 Å². The first kappa shape index (κ1) is 19.8. The van der Waals surface area contributed by atoms with Gasteiger partial charge in [0.2, 0.25) is 5.91 Å². The Bertz CT molecular complexity index is 1020. The minimum atomic E-state index is -0.254. The van der Waals surface area contributed by atoms with Gasteiger partial charge in [-0.2, -0.15) is 5.10 Å². The Morgan fingerprint density at radius 1 is 1.00 bits per heavy atom. The number of fused-ring (bicyclic) bond motifs is 1. The van der Waals surface area contributed by atoms with Crippen LogP contribution in [0.1, 0.15) is 50.8 Å². The van der Waals surface area contributed by atoms with Crippen molar-refractivity contribution in [2.75, 3.05) is 0 Å². The SMILES string of the molecule is CC(C)c1ccc(C(NC(=O)Cn2ncc3ccccc3c2=O)C(C)C)cc1. The number of hydrogen-bond donors (Lipinski definition) is 1. The Hall–Kier alpha value is -2.95. The molecular formula is C23H27N3O2. The molecule has 1 atom stereocenters. The van der Waals surface area contributed by atoms with Crippen molar-refractivity contribution in [2.45, 2.75) is 46.2 Å². The average Bonchev–Trinajstić information content (AvgIpc) is 2.68.